The molecular weight excluding hydrogens is 651 g/mol. The van der Waals surface area contributed by atoms with Crippen molar-refractivity contribution in [3.8, 4) is 28.4 Å². The van der Waals surface area contributed by atoms with Crippen molar-refractivity contribution < 1.29 is 23.2 Å². The summed E-state index contributed by atoms with van der Waals surface area (Å²) in [6.45, 7) is 39.2. The van der Waals surface area contributed by atoms with Crippen LogP contribution < -0.4 is 9.05 Å². The Balaban J connectivity index is 1.86. The maximum Gasteiger partial charge on any atom is 0.587 e. The molecule has 0 fully saturated rings. The first-order valence-electron chi connectivity index (χ1n) is 18.7. The molecule has 4 rings (SSSR count). The number of benzene rings is 3. The molecule has 3 aromatic carbocycles. The van der Waals surface area contributed by atoms with Crippen LogP contribution in [-0.2, 0) is 48.0 Å². The molecule has 0 saturated heterocycles. The normalized spacial score (nSPS) is 15.4. The lowest BCUT2D eigenvalue weighted by atomic mass is 9.75. The lowest BCUT2D eigenvalue weighted by molar-refractivity contribution is 0.207. The van der Waals surface area contributed by atoms with E-state index in [9.17, 15) is 5.11 Å². The van der Waals surface area contributed by atoms with Gasteiger partial charge in [-0.15, -0.1) is 0 Å². The summed E-state index contributed by atoms with van der Waals surface area (Å²) in [4.78, 5) is 0. The van der Waals surface area contributed by atoms with Gasteiger partial charge in [-0.2, -0.15) is 0 Å². The van der Waals surface area contributed by atoms with Crippen molar-refractivity contribution in [3.05, 3.63) is 75.3 Å². The fraction of sp³-hybridized carbons (Fsp3) is 0.600. The zero-order chi connectivity index (χ0) is 38.9. The number of aryl methyl sites for hydroxylation is 1. The van der Waals surface area contributed by atoms with E-state index in [1.54, 1.807) is 0 Å². The van der Waals surface area contributed by atoms with E-state index in [0.29, 0.717) is 30.1 Å². The van der Waals surface area contributed by atoms with Gasteiger partial charge < -0.3 is 14.2 Å². The topological polar surface area (TPSA) is 65.0 Å². The summed E-state index contributed by atoms with van der Waals surface area (Å²) in [5, 5.41) is 11.2. The van der Waals surface area contributed by atoms with Crippen LogP contribution in [0, 0.1) is 0 Å². The second kappa shape index (κ2) is 13.3. The molecule has 1 heterocycles. The smallest absolute Gasteiger partial charge is 0.507 e. The molecule has 1 aliphatic heterocycles. The minimum atomic E-state index is -4.17. The van der Waals surface area contributed by atoms with E-state index < -0.39 is 7.82 Å². The van der Waals surface area contributed by atoms with Crippen molar-refractivity contribution in [1.29, 1.82) is 0 Å². The summed E-state index contributed by atoms with van der Waals surface area (Å²) in [7, 11) is -4.17. The SMILES string of the molecule is CC(C)(C)c1cc2c(c(C(C)(C)C)c1)OP(=O)(OCCCc1cc(C(C)(C)C)c(O)c(C(C)(C)C)c1)Oc1c-2cc(C(C)(C)C)cc1C(C)(C)C. The molecule has 0 spiro atoms. The van der Waals surface area contributed by atoms with E-state index in [-0.39, 0.29) is 39.1 Å². The molecule has 51 heavy (non-hydrogen) atoms. The molecule has 0 aliphatic carbocycles. The van der Waals surface area contributed by atoms with Crippen LogP contribution in [0.1, 0.15) is 170 Å². The molecule has 0 amide bonds. The maximum atomic E-state index is 15.0. The standard InChI is InChI=1S/C45H67O5P/c1-40(2,3)29-24-31-32-25-30(41(4,5)6)27-36(45(16,17)18)39(32)50-51(47,49-38(31)35(26-29)44(13,14)15)48-21-19-20-28-22-33(42(7,8)9)37(46)34(23-28)43(10,11)12/h22-27,46H,19-21H2,1-18H3. The average Bonchev–Trinajstić information content (AvgIpc) is 3.05. The first-order chi connectivity index (χ1) is 22.8. The highest BCUT2D eigenvalue weighted by Crippen LogP contribution is 2.61. The van der Waals surface area contributed by atoms with Crippen LogP contribution in [0.5, 0.6) is 17.2 Å². The van der Waals surface area contributed by atoms with Crippen molar-refractivity contribution >= 4 is 7.82 Å². The van der Waals surface area contributed by atoms with Crippen LogP contribution in [0.15, 0.2) is 36.4 Å². The monoisotopic (exact) mass is 718 g/mol. The highest BCUT2D eigenvalue weighted by molar-refractivity contribution is 7.49. The lowest BCUT2D eigenvalue weighted by Crippen LogP contribution is -2.18. The Bertz CT molecular complexity index is 1700. The van der Waals surface area contributed by atoms with Crippen LogP contribution in [0.2, 0.25) is 0 Å². The molecule has 0 saturated carbocycles. The van der Waals surface area contributed by atoms with Crippen LogP contribution >= 0.6 is 7.82 Å². The largest absolute Gasteiger partial charge is 0.587 e. The number of phenolic OH excluding ortho intramolecular Hbond substituents is 1. The van der Waals surface area contributed by atoms with Gasteiger partial charge in [0, 0.05) is 22.3 Å². The third-order valence-electron chi connectivity index (χ3n) is 9.87. The van der Waals surface area contributed by atoms with Crippen molar-refractivity contribution in [3.63, 3.8) is 0 Å². The minimum absolute atomic E-state index is 0.134. The Hall–Kier alpha value is -2.75. The molecule has 1 N–H and O–H groups in total. The van der Waals surface area contributed by atoms with Crippen molar-refractivity contribution in [2.45, 2.75) is 170 Å². The number of phenols is 1. The first-order valence-corrected chi connectivity index (χ1v) is 20.2. The number of phosphoric acid groups is 1. The Morgan fingerprint density at radius 2 is 0.882 bits per heavy atom. The van der Waals surface area contributed by atoms with Gasteiger partial charge in [0.05, 0.1) is 6.61 Å². The zero-order valence-electron chi connectivity index (χ0n) is 35.1. The Labute approximate surface area is 310 Å². The van der Waals surface area contributed by atoms with E-state index in [1.807, 2.05) is 0 Å². The summed E-state index contributed by atoms with van der Waals surface area (Å²) in [6.07, 6.45) is 1.28. The molecule has 282 valence electrons. The van der Waals surface area contributed by atoms with Gasteiger partial charge in [0.25, 0.3) is 0 Å². The molecular formula is C45H67O5P. The van der Waals surface area contributed by atoms with Crippen LogP contribution in [0.4, 0.5) is 0 Å². The van der Waals surface area contributed by atoms with Gasteiger partial charge in [0.1, 0.15) is 17.2 Å². The average molecular weight is 719 g/mol. The third-order valence-corrected chi connectivity index (χ3v) is 11.2. The van der Waals surface area contributed by atoms with Gasteiger partial charge in [-0.1, -0.05) is 149 Å². The number of phosphoric ester groups is 1. The molecule has 0 bridgehead atoms. The minimum Gasteiger partial charge on any atom is -0.507 e. The fourth-order valence-corrected chi connectivity index (χ4v) is 7.90. The Morgan fingerprint density at radius 3 is 1.20 bits per heavy atom. The van der Waals surface area contributed by atoms with Crippen molar-refractivity contribution in [1.82, 2.24) is 0 Å². The van der Waals surface area contributed by atoms with E-state index in [1.165, 1.54) is 11.1 Å². The number of fused-ring (bicyclic) bond motifs is 3. The molecule has 5 nitrogen and oxygen atoms in total. The highest BCUT2D eigenvalue weighted by atomic mass is 31.2. The Kier molecular flexibility index (Phi) is 10.7. The van der Waals surface area contributed by atoms with E-state index in [0.717, 1.165) is 38.9 Å². The maximum absolute atomic E-state index is 15.0. The fourth-order valence-electron chi connectivity index (χ4n) is 6.56. The van der Waals surface area contributed by atoms with Gasteiger partial charge >= 0.3 is 7.82 Å². The number of hydrogen-bond donors (Lipinski definition) is 1. The van der Waals surface area contributed by atoms with Crippen molar-refractivity contribution in [2.75, 3.05) is 6.61 Å². The number of rotatable bonds is 5. The zero-order valence-corrected chi connectivity index (χ0v) is 36.0. The highest BCUT2D eigenvalue weighted by Gasteiger charge is 2.42. The molecule has 0 aromatic heterocycles. The Morgan fingerprint density at radius 1 is 0.529 bits per heavy atom. The molecule has 6 heteroatoms. The molecule has 0 atom stereocenters. The second-order valence-corrected chi connectivity index (χ2v) is 22.4. The molecule has 0 radical (unpaired) electrons. The van der Waals surface area contributed by atoms with Crippen LogP contribution in [-0.4, -0.2) is 11.7 Å². The first kappa shape index (κ1) is 41.0. The summed E-state index contributed by atoms with van der Waals surface area (Å²) in [6, 6.07) is 13.0. The van der Waals surface area contributed by atoms with E-state index in [4.69, 9.17) is 13.6 Å². The summed E-state index contributed by atoms with van der Waals surface area (Å²) >= 11 is 0. The van der Waals surface area contributed by atoms with Gasteiger partial charge in [-0.25, -0.2) is 4.57 Å². The van der Waals surface area contributed by atoms with Gasteiger partial charge in [-0.3, -0.25) is 4.52 Å². The van der Waals surface area contributed by atoms with Crippen LogP contribution in [0.25, 0.3) is 11.1 Å². The van der Waals surface area contributed by atoms with Gasteiger partial charge in [-0.05, 0) is 85.3 Å². The second-order valence-electron chi connectivity index (χ2n) is 20.9. The summed E-state index contributed by atoms with van der Waals surface area (Å²) < 4.78 is 34.6. The quantitative estimate of drug-likeness (QED) is 0.210. The van der Waals surface area contributed by atoms with Crippen LogP contribution in [0.3, 0.4) is 0 Å². The van der Waals surface area contributed by atoms with Gasteiger partial charge in [0.2, 0.25) is 0 Å². The summed E-state index contributed by atoms with van der Waals surface area (Å²) in [5.74, 6) is 1.49. The van der Waals surface area contributed by atoms with Crippen molar-refractivity contribution in [2.24, 2.45) is 0 Å². The van der Waals surface area contributed by atoms with E-state index >= 15 is 4.57 Å². The summed E-state index contributed by atoms with van der Waals surface area (Å²) in [5.41, 5.74) is 7.67. The third kappa shape index (κ3) is 9.08. The number of aromatic hydroxyl groups is 1. The predicted molar refractivity (Wildman–Crippen MR) is 215 cm³/mol. The predicted octanol–water partition coefficient (Wildman–Crippen LogP) is 13.4. The lowest BCUT2D eigenvalue weighted by Gasteiger charge is -2.30. The molecule has 0 unspecified atom stereocenters. The molecule has 1 aliphatic rings. The van der Waals surface area contributed by atoms with E-state index in [2.05, 4.69) is 161 Å². The molecule has 3 aromatic rings. The van der Waals surface area contributed by atoms with Gasteiger partial charge in [0.15, 0.2) is 0 Å². The number of hydrogen-bond acceptors (Lipinski definition) is 5.